The number of rotatable bonds is 9. The summed E-state index contributed by atoms with van der Waals surface area (Å²) in [6, 6.07) is 8.83. The second-order valence-corrected chi connectivity index (χ2v) is 7.88. The van der Waals surface area contributed by atoms with Crippen LogP contribution in [0.25, 0.3) is 12.2 Å². The van der Waals surface area contributed by atoms with Crippen molar-refractivity contribution in [1.29, 1.82) is 0 Å². The summed E-state index contributed by atoms with van der Waals surface area (Å²) in [5, 5.41) is 0. The standard InChI is InChI=1S/C22H11F17/c23-15(24,14-10-8-13(9-11-14)7-6-12-4-2-1-3-5-12)16(25,26)17(27,28)18(29,30)19(31,32)20(33,34)21(35,36)22(37,38)39/h1-11H/b7-6+. The van der Waals surface area contributed by atoms with E-state index < -0.39 is 53.2 Å². The van der Waals surface area contributed by atoms with Crippen molar-refractivity contribution in [3.8, 4) is 0 Å². The topological polar surface area (TPSA) is 0 Å². The van der Waals surface area contributed by atoms with Crippen LogP contribution in [0, 0.1) is 0 Å². The highest BCUT2D eigenvalue weighted by Crippen LogP contribution is 2.65. The van der Waals surface area contributed by atoms with E-state index in [9.17, 15) is 74.6 Å². The third-order valence-corrected chi connectivity index (χ3v) is 5.26. The molecular weight excluding hydrogens is 587 g/mol. The first-order valence-electron chi connectivity index (χ1n) is 9.86. The second-order valence-electron chi connectivity index (χ2n) is 7.88. The first-order valence-corrected chi connectivity index (χ1v) is 9.86. The van der Waals surface area contributed by atoms with Crippen molar-refractivity contribution in [2.45, 2.75) is 47.6 Å². The summed E-state index contributed by atoms with van der Waals surface area (Å²) in [4.78, 5) is 0. The van der Waals surface area contributed by atoms with Gasteiger partial charge in [0.2, 0.25) is 0 Å². The van der Waals surface area contributed by atoms with Gasteiger partial charge in [0, 0.05) is 5.56 Å². The maximum absolute atomic E-state index is 14.3. The fourth-order valence-corrected chi connectivity index (χ4v) is 2.91. The zero-order chi connectivity index (χ0) is 30.5. The molecule has 0 amide bonds. The molecule has 218 valence electrons. The fourth-order valence-electron chi connectivity index (χ4n) is 2.91. The van der Waals surface area contributed by atoms with Gasteiger partial charge < -0.3 is 0 Å². The first kappa shape index (κ1) is 32.2. The molecule has 0 N–H and O–H groups in total. The summed E-state index contributed by atoms with van der Waals surface area (Å²) in [6.07, 6.45) is -5.27. The highest BCUT2D eigenvalue weighted by atomic mass is 19.4. The minimum Gasteiger partial charge on any atom is -0.194 e. The van der Waals surface area contributed by atoms with Crippen LogP contribution in [0.5, 0.6) is 0 Å². The highest BCUT2D eigenvalue weighted by molar-refractivity contribution is 5.69. The number of hydrogen-bond donors (Lipinski definition) is 0. The van der Waals surface area contributed by atoms with E-state index in [4.69, 9.17) is 0 Å². The molecule has 2 rings (SSSR count). The van der Waals surface area contributed by atoms with Crippen molar-refractivity contribution >= 4 is 12.2 Å². The van der Waals surface area contributed by atoms with Crippen molar-refractivity contribution in [2.75, 3.05) is 0 Å². The highest BCUT2D eigenvalue weighted by Gasteiger charge is 2.95. The molecule has 17 heteroatoms. The van der Waals surface area contributed by atoms with Gasteiger partial charge in [0.1, 0.15) is 0 Å². The van der Waals surface area contributed by atoms with Gasteiger partial charge in [0.05, 0.1) is 0 Å². The molecule has 0 saturated carbocycles. The molecule has 39 heavy (non-hydrogen) atoms. The third kappa shape index (κ3) is 4.81. The third-order valence-electron chi connectivity index (χ3n) is 5.26. The Bertz CT molecular complexity index is 1160. The first-order chi connectivity index (χ1) is 17.3. The van der Waals surface area contributed by atoms with Crippen LogP contribution in [0.15, 0.2) is 54.6 Å². The molecule has 2 aromatic carbocycles. The summed E-state index contributed by atoms with van der Waals surface area (Å²) >= 11 is 0. The molecular formula is C22H11F17. The maximum Gasteiger partial charge on any atom is 0.460 e. The van der Waals surface area contributed by atoms with Crippen LogP contribution in [-0.4, -0.2) is 41.7 Å². The molecule has 2 aromatic rings. The molecule has 0 aromatic heterocycles. The van der Waals surface area contributed by atoms with Crippen LogP contribution in [0.2, 0.25) is 0 Å². The van der Waals surface area contributed by atoms with Gasteiger partial charge in [-0.05, 0) is 11.1 Å². The van der Waals surface area contributed by atoms with Gasteiger partial charge in [-0.3, -0.25) is 0 Å². The van der Waals surface area contributed by atoms with Gasteiger partial charge >= 0.3 is 47.6 Å². The Labute approximate surface area is 206 Å². The van der Waals surface area contributed by atoms with E-state index in [-0.39, 0.29) is 17.7 Å². The van der Waals surface area contributed by atoms with Crippen molar-refractivity contribution in [3.05, 3.63) is 71.3 Å². The lowest BCUT2D eigenvalue weighted by atomic mass is 9.87. The largest absolute Gasteiger partial charge is 0.460 e. The average molecular weight is 598 g/mol. The summed E-state index contributed by atoms with van der Waals surface area (Å²) in [6.45, 7) is 0. The van der Waals surface area contributed by atoms with Gasteiger partial charge in [0.15, 0.2) is 0 Å². The lowest BCUT2D eigenvalue weighted by Gasteiger charge is -2.42. The van der Waals surface area contributed by atoms with E-state index in [0.717, 1.165) is 0 Å². The van der Waals surface area contributed by atoms with Gasteiger partial charge in [0.25, 0.3) is 0 Å². The fraction of sp³-hybridized carbons (Fsp3) is 0.364. The molecule has 0 aliphatic carbocycles. The SMILES string of the molecule is FC(F)(F)C(F)(F)C(F)(F)C(F)(F)C(F)(F)C(F)(F)C(F)(F)C(F)(F)c1ccc(/C=C/c2ccccc2)cc1. The van der Waals surface area contributed by atoms with Crippen LogP contribution in [0.3, 0.4) is 0 Å². The summed E-state index contributed by atoms with van der Waals surface area (Å²) in [5.74, 6) is -56.6. The molecule has 0 aliphatic heterocycles. The van der Waals surface area contributed by atoms with Gasteiger partial charge in [-0.1, -0.05) is 66.7 Å². The monoisotopic (exact) mass is 598 g/mol. The van der Waals surface area contributed by atoms with Crippen LogP contribution in [-0.2, 0) is 5.92 Å². The molecule has 0 fully saturated rings. The van der Waals surface area contributed by atoms with Gasteiger partial charge in [-0.25, -0.2) is 0 Å². The van der Waals surface area contributed by atoms with E-state index in [1.165, 1.54) is 12.2 Å². The van der Waals surface area contributed by atoms with E-state index in [2.05, 4.69) is 0 Å². The lowest BCUT2D eigenvalue weighted by Crippen LogP contribution is -2.74. The molecule has 0 saturated heterocycles. The smallest absolute Gasteiger partial charge is 0.194 e. The van der Waals surface area contributed by atoms with Crippen molar-refractivity contribution in [3.63, 3.8) is 0 Å². The number of halogens is 17. The molecule has 0 bridgehead atoms. The zero-order valence-electron chi connectivity index (χ0n) is 18.3. The van der Waals surface area contributed by atoms with Gasteiger partial charge in [-0.15, -0.1) is 0 Å². The Kier molecular flexibility index (Phi) is 7.90. The summed E-state index contributed by atoms with van der Waals surface area (Å²) in [5.41, 5.74) is -1.82. The Morgan fingerprint density at radius 2 is 0.692 bits per heavy atom. The Morgan fingerprint density at radius 1 is 0.359 bits per heavy atom. The number of hydrogen-bond acceptors (Lipinski definition) is 0. The number of alkyl halides is 17. The normalized spacial score (nSPS) is 15.2. The van der Waals surface area contributed by atoms with Crippen molar-refractivity contribution in [1.82, 2.24) is 0 Å². The minimum atomic E-state index is -8.64. The van der Waals surface area contributed by atoms with Crippen molar-refractivity contribution in [2.24, 2.45) is 0 Å². The molecule has 0 aliphatic rings. The maximum atomic E-state index is 14.3. The van der Waals surface area contributed by atoms with Crippen LogP contribution >= 0.6 is 0 Å². The van der Waals surface area contributed by atoms with Gasteiger partial charge in [-0.2, -0.15) is 74.6 Å². The van der Waals surface area contributed by atoms with Crippen LogP contribution < -0.4 is 0 Å². The molecule has 0 radical (unpaired) electrons. The van der Waals surface area contributed by atoms with E-state index in [1.807, 2.05) is 0 Å². The Balaban J connectivity index is 2.51. The van der Waals surface area contributed by atoms with Crippen molar-refractivity contribution < 1.29 is 74.6 Å². The molecule has 0 atom stereocenters. The zero-order valence-corrected chi connectivity index (χ0v) is 18.3. The average Bonchev–Trinajstić information content (AvgIpc) is 2.82. The molecule has 0 nitrogen and oxygen atoms in total. The van der Waals surface area contributed by atoms with E-state index in [0.29, 0.717) is 17.7 Å². The van der Waals surface area contributed by atoms with E-state index in [1.54, 1.807) is 30.3 Å². The van der Waals surface area contributed by atoms with Crippen LogP contribution in [0.4, 0.5) is 74.6 Å². The summed E-state index contributed by atoms with van der Waals surface area (Å²) in [7, 11) is 0. The second kappa shape index (κ2) is 9.57. The van der Waals surface area contributed by atoms with Crippen LogP contribution in [0.1, 0.15) is 16.7 Å². The lowest BCUT2D eigenvalue weighted by molar-refractivity contribution is -0.462. The summed E-state index contributed by atoms with van der Waals surface area (Å²) < 4.78 is 228. The molecule has 0 heterocycles. The molecule has 0 unspecified atom stereocenters. The van der Waals surface area contributed by atoms with E-state index >= 15 is 0 Å². The Hall–Kier alpha value is -3.01. The number of benzene rings is 2. The predicted octanol–water partition coefficient (Wildman–Crippen LogP) is 9.32. The molecule has 0 spiro atoms. The predicted molar refractivity (Wildman–Crippen MR) is 101 cm³/mol. The Morgan fingerprint density at radius 3 is 1.08 bits per heavy atom. The quantitative estimate of drug-likeness (QED) is 0.199. The minimum absolute atomic E-state index is 0.0582.